The molecular weight excluding hydrogens is 432 g/mol. The molecule has 3 atom stereocenters. The van der Waals surface area contributed by atoms with Gasteiger partial charge in [-0.3, -0.25) is 0 Å². The molecule has 28 heavy (non-hydrogen) atoms. The Labute approximate surface area is 171 Å². The lowest BCUT2D eigenvalue weighted by Gasteiger charge is -2.31. The Hall–Kier alpha value is -2.16. The van der Waals surface area contributed by atoms with Crippen molar-refractivity contribution in [3.8, 4) is 5.75 Å². The number of alkyl halides is 1. The summed E-state index contributed by atoms with van der Waals surface area (Å²) in [6.07, 6.45) is -2.49. The third-order valence-electron chi connectivity index (χ3n) is 4.72. The molecule has 1 fully saturated rings. The van der Waals surface area contributed by atoms with E-state index in [1.165, 1.54) is 14.2 Å². The third kappa shape index (κ3) is 3.47. The average Bonchev–Trinajstić information content (AvgIpc) is 3.14. The number of carbonyl (C=O) groups excluding carboxylic acids is 2. The molecule has 0 amide bonds. The van der Waals surface area contributed by atoms with E-state index in [4.69, 9.17) is 23.7 Å². The number of ether oxygens (including phenoxy) is 5. The highest BCUT2D eigenvalue weighted by atomic mass is 79.9. The van der Waals surface area contributed by atoms with Crippen molar-refractivity contribution in [1.29, 1.82) is 0 Å². The molecule has 0 saturated carbocycles. The predicted molar refractivity (Wildman–Crippen MR) is 104 cm³/mol. The molecular formula is C20H21BrO7. The van der Waals surface area contributed by atoms with Crippen LogP contribution in [0.4, 0.5) is 0 Å². The first kappa shape index (κ1) is 20.6. The number of methoxy groups -OCH3 is 3. The van der Waals surface area contributed by atoms with Crippen molar-refractivity contribution in [2.45, 2.75) is 29.7 Å². The molecule has 1 saturated heterocycles. The molecule has 0 spiro atoms. The highest BCUT2D eigenvalue weighted by Crippen LogP contribution is 2.44. The van der Waals surface area contributed by atoms with E-state index in [1.807, 2.05) is 43.3 Å². The number of rotatable bonds is 5. The normalized spacial score (nSPS) is 21.9. The van der Waals surface area contributed by atoms with Crippen molar-refractivity contribution >= 4 is 38.6 Å². The number of benzene rings is 2. The molecule has 1 aliphatic rings. The van der Waals surface area contributed by atoms with Crippen LogP contribution in [-0.4, -0.2) is 50.3 Å². The second-order valence-electron chi connectivity index (χ2n) is 6.33. The summed E-state index contributed by atoms with van der Waals surface area (Å²) >= 11 is 3.50. The van der Waals surface area contributed by atoms with Gasteiger partial charge < -0.3 is 23.7 Å². The summed E-state index contributed by atoms with van der Waals surface area (Å²) in [6.45, 7) is 1.81. The summed E-state index contributed by atoms with van der Waals surface area (Å²) in [6, 6.07) is 11.3. The van der Waals surface area contributed by atoms with Crippen molar-refractivity contribution in [2.24, 2.45) is 0 Å². The van der Waals surface area contributed by atoms with Gasteiger partial charge in [0, 0.05) is 5.56 Å². The van der Waals surface area contributed by atoms with Crippen LogP contribution in [0.5, 0.6) is 5.75 Å². The maximum atomic E-state index is 12.2. The fraction of sp³-hybridized carbons (Fsp3) is 0.400. The lowest BCUT2D eigenvalue weighted by molar-refractivity contribution is -0.192. The summed E-state index contributed by atoms with van der Waals surface area (Å²) in [5, 5.41) is 1.89. The fourth-order valence-electron chi connectivity index (χ4n) is 3.23. The lowest BCUT2D eigenvalue weighted by atomic mass is 9.99. The molecule has 7 nitrogen and oxygen atoms in total. The minimum absolute atomic E-state index is 0.391. The SMILES string of the molecule is COC(=O)[C@@H]1OC(c2ccc3cc(OC)ccc3c2)(C(C)Br)O[C@H]1C(=O)OC. The van der Waals surface area contributed by atoms with Crippen LogP contribution in [0.15, 0.2) is 36.4 Å². The van der Waals surface area contributed by atoms with Crippen molar-refractivity contribution in [3.05, 3.63) is 42.0 Å². The molecule has 0 N–H and O–H groups in total. The van der Waals surface area contributed by atoms with Gasteiger partial charge in [0.1, 0.15) is 5.75 Å². The molecule has 3 rings (SSSR count). The number of esters is 2. The standard InChI is InChI=1S/C20H21BrO7/c1-11(21)20(27-16(18(22)25-3)17(28-20)19(23)26-4)14-7-5-13-10-15(24-2)8-6-12(13)9-14/h5-11,16-17H,1-4H3/t11?,16-,17-/m1/s1. The first-order valence-corrected chi connectivity index (χ1v) is 9.51. The molecule has 1 unspecified atom stereocenters. The predicted octanol–water partition coefficient (Wildman–Crippen LogP) is 2.91. The summed E-state index contributed by atoms with van der Waals surface area (Å²) in [5.41, 5.74) is 0.648. The van der Waals surface area contributed by atoms with Crippen molar-refractivity contribution < 1.29 is 33.3 Å². The van der Waals surface area contributed by atoms with Crippen molar-refractivity contribution in [2.75, 3.05) is 21.3 Å². The number of hydrogen-bond donors (Lipinski definition) is 0. The Bertz CT molecular complexity index is 871. The zero-order chi connectivity index (χ0) is 20.5. The Morgan fingerprint density at radius 1 is 0.964 bits per heavy atom. The molecule has 2 aromatic rings. The van der Waals surface area contributed by atoms with Crippen LogP contribution < -0.4 is 4.74 Å². The lowest BCUT2D eigenvalue weighted by Crippen LogP contribution is -2.38. The van der Waals surface area contributed by atoms with Gasteiger partial charge >= 0.3 is 11.9 Å². The highest BCUT2D eigenvalue weighted by Gasteiger charge is 2.57. The number of halogens is 1. The summed E-state index contributed by atoms with van der Waals surface area (Å²) in [4.78, 5) is 24.0. The smallest absolute Gasteiger partial charge is 0.338 e. The fourth-order valence-corrected chi connectivity index (χ4v) is 3.71. The maximum Gasteiger partial charge on any atom is 0.338 e. The Balaban J connectivity index is 2.08. The molecule has 0 aliphatic carbocycles. The Kier molecular flexibility index (Phi) is 5.92. The highest BCUT2D eigenvalue weighted by molar-refractivity contribution is 9.09. The van der Waals surface area contributed by atoms with E-state index in [2.05, 4.69) is 15.9 Å². The van der Waals surface area contributed by atoms with Gasteiger partial charge in [-0.05, 0) is 35.9 Å². The molecule has 1 heterocycles. The van der Waals surface area contributed by atoms with Gasteiger partial charge in [-0.2, -0.15) is 0 Å². The Morgan fingerprint density at radius 3 is 2.00 bits per heavy atom. The van der Waals surface area contributed by atoms with Crippen molar-refractivity contribution in [3.63, 3.8) is 0 Å². The first-order chi connectivity index (χ1) is 13.4. The van der Waals surface area contributed by atoms with Gasteiger partial charge in [0.2, 0.25) is 5.79 Å². The first-order valence-electron chi connectivity index (χ1n) is 8.60. The van der Waals surface area contributed by atoms with Crippen LogP contribution in [0.3, 0.4) is 0 Å². The zero-order valence-corrected chi connectivity index (χ0v) is 17.5. The minimum Gasteiger partial charge on any atom is -0.497 e. The monoisotopic (exact) mass is 452 g/mol. The zero-order valence-electron chi connectivity index (χ0n) is 15.9. The van der Waals surface area contributed by atoms with E-state index >= 15 is 0 Å². The minimum atomic E-state index is -1.38. The molecule has 2 aromatic carbocycles. The summed E-state index contributed by atoms with van der Waals surface area (Å²) in [7, 11) is 4.05. The van der Waals surface area contributed by atoms with Gasteiger partial charge in [-0.1, -0.05) is 34.1 Å². The van der Waals surface area contributed by atoms with Gasteiger partial charge in [0.15, 0.2) is 12.2 Å². The van der Waals surface area contributed by atoms with E-state index in [-0.39, 0.29) is 0 Å². The molecule has 0 radical (unpaired) electrons. The van der Waals surface area contributed by atoms with Crippen LogP contribution in [0.1, 0.15) is 12.5 Å². The molecule has 150 valence electrons. The number of hydrogen-bond acceptors (Lipinski definition) is 7. The third-order valence-corrected chi connectivity index (χ3v) is 5.32. The van der Waals surface area contributed by atoms with Crippen LogP contribution in [0, 0.1) is 0 Å². The summed E-state index contributed by atoms with van der Waals surface area (Å²) in [5.74, 6) is -2.06. The van der Waals surface area contributed by atoms with Crippen LogP contribution in [0.2, 0.25) is 0 Å². The van der Waals surface area contributed by atoms with Gasteiger partial charge in [0.05, 0.1) is 26.2 Å². The van der Waals surface area contributed by atoms with Gasteiger partial charge in [0.25, 0.3) is 0 Å². The molecule has 8 heteroatoms. The second-order valence-corrected chi connectivity index (χ2v) is 7.71. The van der Waals surface area contributed by atoms with E-state index in [0.717, 1.165) is 16.5 Å². The van der Waals surface area contributed by atoms with E-state index < -0.39 is 34.8 Å². The van der Waals surface area contributed by atoms with Crippen LogP contribution in [0.25, 0.3) is 10.8 Å². The van der Waals surface area contributed by atoms with Crippen molar-refractivity contribution in [1.82, 2.24) is 0 Å². The number of fused-ring (bicyclic) bond motifs is 1. The average molecular weight is 453 g/mol. The van der Waals surface area contributed by atoms with Gasteiger partial charge in [-0.15, -0.1) is 0 Å². The largest absolute Gasteiger partial charge is 0.497 e. The van der Waals surface area contributed by atoms with Crippen LogP contribution in [-0.2, 0) is 34.3 Å². The molecule has 0 bridgehead atoms. The quantitative estimate of drug-likeness (QED) is 0.509. The number of carbonyl (C=O) groups is 2. The molecule has 0 aromatic heterocycles. The van der Waals surface area contributed by atoms with E-state index in [1.54, 1.807) is 7.11 Å². The second kappa shape index (κ2) is 8.06. The van der Waals surface area contributed by atoms with Crippen LogP contribution >= 0.6 is 15.9 Å². The van der Waals surface area contributed by atoms with E-state index in [9.17, 15) is 9.59 Å². The summed E-state index contributed by atoms with van der Waals surface area (Å²) < 4.78 is 26.8. The topological polar surface area (TPSA) is 80.3 Å². The molecule has 1 aliphatic heterocycles. The van der Waals surface area contributed by atoms with Gasteiger partial charge in [-0.25, -0.2) is 9.59 Å². The van der Waals surface area contributed by atoms with E-state index in [0.29, 0.717) is 5.56 Å². The Morgan fingerprint density at radius 2 is 1.50 bits per heavy atom. The maximum absolute atomic E-state index is 12.2.